The Balaban J connectivity index is 2.24. The standard InChI is InChI=1S/C13H20N2O2/c1-9(2)8-15-11(16)13(14-12(15)17)7-5-4-6-10(13)3/h10H,1,4-8H2,2-3H3,(H,14,17)/t10-,13+/m0/s1. The smallest absolute Gasteiger partial charge is 0.323 e. The zero-order valence-corrected chi connectivity index (χ0v) is 10.6. The Morgan fingerprint density at radius 3 is 2.82 bits per heavy atom. The quantitative estimate of drug-likeness (QED) is 0.589. The number of carbonyl (C=O) groups is 2. The third kappa shape index (κ3) is 1.85. The number of hydrogen-bond acceptors (Lipinski definition) is 2. The highest BCUT2D eigenvalue weighted by Crippen LogP contribution is 2.38. The van der Waals surface area contributed by atoms with E-state index in [1.807, 2.05) is 6.92 Å². The highest BCUT2D eigenvalue weighted by atomic mass is 16.2. The van der Waals surface area contributed by atoms with Crippen molar-refractivity contribution >= 4 is 11.9 Å². The summed E-state index contributed by atoms with van der Waals surface area (Å²) in [6.45, 7) is 7.99. The van der Waals surface area contributed by atoms with E-state index < -0.39 is 5.54 Å². The van der Waals surface area contributed by atoms with E-state index in [0.29, 0.717) is 6.54 Å². The van der Waals surface area contributed by atoms with E-state index in [1.165, 1.54) is 4.90 Å². The van der Waals surface area contributed by atoms with Crippen LogP contribution in [0.3, 0.4) is 0 Å². The Hall–Kier alpha value is -1.32. The van der Waals surface area contributed by atoms with Gasteiger partial charge in [-0.25, -0.2) is 4.79 Å². The molecule has 0 aromatic carbocycles. The molecule has 2 fully saturated rings. The lowest BCUT2D eigenvalue weighted by Crippen LogP contribution is -2.53. The van der Waals surface area contributed by atoms with Crippen molar-refractivity contribution in [2.45, 2.75) is 45.1 Å². The number of urea groups is 1. The second-order valence-electron chi connectivity index (χ2n) is 5.40. The number of hydrogen-bond donors (Lipinski definition) is 1. The fourth-order valence-electron chi connectivity index (χ4n) is 2.91. The Morgan fingerprint density at radius 2 is 2.24 bits per heavy atom. The van der Waals surface area contributed by atoms with Gasteiger partial charge in [-0.05, 0) is 25.7 Å². The molecule has 3 amide bonds. The average molecular weight is 236 g/mol. The molecule has 1 spiro atoms. The molecular formula is C13H20N2O2. The fourth-order valence-corrected chi connectivity index (χ4v) is 2.91. The molecule has 1 saturated carbocycles. The molecule has 1 heterocycles. The van der Waals surface area contributed by atoms with Crippen LogP contribution in [0.4, 0.5) is 4.79 Å². The molecular weight excluding hydrogens is 216 g/mol. The summed E-state index contributed by atoms with van der Waals surface area (Å²) in [7, 11) is 0. The predicted molar refractivity (Wildman–Crippen MR) is 65.4 cm³/mol. The van der Waals surface area contributed by atoms with Crippen LogP contribution >= 0.6 is 0 Å². The first-order chi connectivity index (χ1) is 7.97. The molecule has 4 nitrogen and oxygen atoms in total. The lowest BCUT2D eigenvalue weighted by Gasteiger charge is -2.36. The number of nitrogens with one attached hydrogen (secondary N) is 1. The molecule has 94 valence electrons. The number of imide groups is 1. The summed E-state index contributed by atoms with van der Waals surface area (Å²) in [6.07, 6.45) is 3.93. The first-order valence-electron chi connectivity index (χ1n) is 6.26. The third-order valence-corrected chi connectivity index (χ3v) is 3.93. The van der Waals surface area contributed by atoms with Crippen molar-refractivity contribution in [3.63, 3.8) is 0 Å². The molecule has 4 heteroatoms. The van der Waals surface area contributed by atoms with Gasteiger partial charge in [-0.15, -0.1) is 0 Å². The lowest BCUT2D eigenvalue weighted by atomic mass is 9.73. The minimum atomic E-state index is -0.634. The number of carbonyl (C=O) groups excluding carboxylic acids is 2. The summed E-state index contributed by atoms with van der Waals surface area (Å²) in [5.41, 5.74) is 0.194. The molecule has 0 radical (unpaired) electrons. The largest absolute Gasteiger partial charge is 0.325 e. The normalized spacial score (nSPS) is 33.1. The van der Waals surface area contributed by atoms with Crippen molar-refractivity contribution in [1.82, 2.24) is 10.2 Å². The topological polar surface area (TPSA) is 49.4 Å². The minimum Gasteiger partial charge on any atom is -0.323 e. The summed E-state index contributed by atoms with van der Waals surface area (Å²) in [6, 6.07) is -0.258. The molecule has 0 aromatic rings. The summed E-state index contributed by atoms with van der Waals surface area (Å²) in [5, 5.41) is 2.92. The van der Waals surface area contributed by atoms with E-state index in [-0.39, 0.29) is 17.9 Å². The van der Waals surface area contributed by atoms with E-state index in [2.05, 4.69) is 18.8 Å². The van der Waals surface area contributed by atoms with Crippen LogP contribution in [0.25, 0.3) is 0 Å². The number of nitrogens with zero attached hydrogens (tertiary/aromatic N) is 1. The van der Waals surface area contributed by atoms with Gasteiger partial charge < -0.3 is 5.32 Å². The molecule has 1 saturated heterocycles. The Morgan fingerprint density at radius 1 is 1.53 bits per heavy atom. The summed E-state index contributed by atoms with van der Waals surface area (Å²) < 4.78 is 0. The van der Waals surface area contributed by atoms with Crippen LogP contribution in [-0.2, 0) is 4.79 Å². The molecule has 2 atom stereocenters. The highest BCUT2D eigenvalue weighted by Gasteiger charge is 2.54. The van der Waals surface area contributed by atoms with E-state index >= 15 is 0 Å². The molecule has 1 aliphatic carbocycles. The molecule has 1 N–H and O–H groups in total. The Bertz CT molecular complexity index is 378. The van der Waals surface area contributed by atoms with Crippen LogP contribution in [0.15, 0.2) is 12.2 Å². The third-order valence-electron chi connectivity index (χ3n) is 3.93. The van der Waals surface area contributed by atoms with Crippen LogP contribution in [0.2, 0.25) is 0 Å². The van der Waals surface area contributed by atoms with E-state index in [9.17, 15) is 9.59 Å². The molecule has 0 bridgehead atoms. The molecule has 0 unspecified atom stereocenters. The van der Waals surface area contributed by atoms with Gasteiger partial charge in [0.15, 0.2) is 0 Å². The van der Waals surface area contributed by atoms with Crippen molar-refractivity contribution in [3.8, 4) is 0 Å². The maximum Gasteiger partial charge on any atom is 0.325 e. The Labute approximate surface area is 102 Å². The lowest BCUT2D eigenvalue weighted by molar-refractivity contribution is -0.133. The zero-order chi connectivity index (χ0) is 12.6. The molecule has 2 aliphatic rings. The first kappa shape index (κ1) is 12.1. The predicted octanol–water partition coefficient (Wildman–Crippen LogP) is 2.06. The van der Waals surface area contributed by atoms with Crippen molar-refractivity contribution in [2.75, 3.05) is 6.54 Å². The fraction of sp³-hybridized carbons (Fsp3) is 0.692. The van der Waals surface area contributed by atoms with Gasteiger partial charge in [0.1, 0.15) is 5.54 Å². The SMILES string of the molecule is C=C(C)CN1C(=O)N[C@@]2(CCCC[C@@H]2C)C1=O. The van der Waals surface area contributed by atoms with Gasteiger partial charge in [-0.1, -0.05) is 31.9 Å². The highest BCUT2D eigenvalue weighted by molar-refractivity contribution is 6.07. The van der Waals surface area contributed by atoms with Gasteiger partial charge in [0.25, 0.3) is 5.91 Å². The maximum absolute atomic E-state index is 12.4. The zero-order valence-electron chi connectivity index (χ0n) is 10.6. The summed E-state index contributed by atoms with van der Waals surface area (Å²) in [4.78, 5) is 25.6. The average Bonchev–Trinajstić information content (AvgIpc) is 2.48. The van der Waals surface area contributed by atoms with E-state index in [4.69, 9.17) is 0 Å². The minimum absolute atomic E-state index is 0.0577. The summed E-state index contributed by atoms with van der Waals surface area (Å²) >= 11 is 0. The Kier molecular flexibility index (Phi) is 2.98. The molecule has 0 aromatic heterocycles. The second-order valence-corrected chi connectivity index (χ2v) is 5.40. The van der Waals surface area contributed by atoms with Crippen LogP contribution in [-0.4, -0.2) is 28.9 Å². The van der Waals surface area contributed by atoms with Crippen molar-refractivity contribution in [3.05, 3.63) is 12.2 Å². The van der Waals surface area contributed by atoms with E-state index in [1.54, 1.807) is 0 Å². The van der Waals surface area contributed by atoms with E-state index in [0.717, 1.165) is 31.3 Å². The van der Waals surface area contributed by atoms with Gasteiger partial charge in [0, 0.05) is 0 Å². The maximum atomic E-state index is 12.4. The second kappa shape index (κ2) is 4.17. The monoisotopic (exact) mass is 236 g/mol. The van der Waals surface area contributed by atoms with Gasteiger partial charge in [0.05, 0.1) is 6.54 Å². The van der Waals surface area contributed by atoms with Crippen molar-refractivity contribution in [2.24, 2.45) is 5.92 Å². The summed E-state index contributed by atoms with van der Waals surface area (Å²) in [5.74, 6) is 0.167. The number of amides is 3. The van der Waals surface area contributed by atoms with Crippen LogP contribution in [0.5, 0.6) is 0 Å². The van der Waals surface area contributed by atoms with Crippen LogP contribution in [0.1, 0.15) is 39.5 Å². The van der Waals surface area contributed by atoms with Gasteiger partial charge in [-0.2, -0.15) is 0 Å². The van der Waals surface area contributed by atoms with Gasteiger partial charge in [0.2, 0.25) is 0 Å². The van der Waals surface area contributed by atoms with Crippen LogP contribution in [0, 0.1) is 5.92 Å². The molecule has 2 rings (SSSR count). The molecule has 1 aliphatic heterocycles. The van der Waals surface area contributed by atoms with Crippen molar-refractivity contribution in [1.29, 1.82) is 0 Å². The van der Waals surface area contributed by atoms with Gasteiger partial charge >= 0.3 is 6.03 Å². The van der Waals surface area contributed by atoms with Crippen LogP contribution < -0.4 is 5.32 Å². The first-order valence-corrected chi connectivity index (χ1v) is 6.26. The molecule has 17 heavy (non-hydrogen) atoms. The van der Waals surface area contributed by atoms with Gasteiger partial charge in [-0.3, -0.25) is 9.69 Å². The number of rotatable bonds is 2. The van der Waals surface area contributed by atoms with Crippen molar-refractivity contribution < 1.29 is 9.59 Å².